The van der Waals surface area contributed by atoms with Crippen molar-refractivity contribution in [2.75, 3.05) is 27.4 Å². The Bertz CT molecular complexity index is 705. The number of aromatic nitrogens is 2. The summed E-state index contributed by atoms with van der Waals surface area (Å²) in [7, 11) is 3.36. The lowest BCUT2D eigenvalue weighted by Crippen LogP contribution is -2.36. The van der Waals surface area contributed by atoms with Crippen molar-refractivity contribution in [1.82, 2.24) is 20.8 Å². The van der Waals surface area contributed by atoms with Crippen LogP contribution in [0.2, 0.25) is 0 Å². The number of nitrogens with zero attached hydrogens (tertiary/aromatic N) is 3. The van der Waals surface area contributed by atoms with Crippen molar-refractivity contribution in [1.29, 1.82) is 0 Å². The summed E-state index contributed by atoms with van der Waals surface area (Å²) in [5, 5.41) is 10.1. The van der Waals surface area contributed by atoms with Gasteiger partial charge in [0.2, 0.25) is 5.89 Å². The number of ether oxygens (including phenoxy) is 2. The maximum Gasteiger partial charge on any atom is 0.246 e. The molecule has 2 N–H and O–H groups in total. The molecule has 144 valence electrons. The summed E-state index contributed by atoms with van der Waals surface area (Å²) in [5.74, 6) is 2.60. The predicted octanol–water partition coefficient (Wildman–Crippen LogP) is 2.19. The van der Waals surface area contributed by atoms with Gasteiger partial charge in [0.05, 0.1) is 13.2 Å². The summed E-state index contributed by atoms with van der Waals surface area (Å²) in [5.41, 5.74) is 2.18. The molecule has 26 heavy (non-hydrogen) atoms. The molecule has 0 spiro atoms. The molecular formula is C17H26IN5O3. The van der Waals surface area contributed by atoms with Gasteiger partial charge in [0.25, 0.3) is 0 Å². The molecule has 0 aliphatic heterocycles. The number of aryl methyl sites for hydroxylation is 2. The molecule has 0 radical (unpaired) electrons. The number of guanidine groups is 1. The third-order valence-corrected chi connectivity index (χ3v) is 3.41. The Morgan fingerprint density at radius 2 is 1.96 bits per heavy atom. The van der Waals surface area contributed by atoms with E-state index in [0.717, 1.165) is 16.9 Å². The van der Waals surface area contributed by atoms with E-state index in [0.29, 0.717) is 44.0 Å². The molecule has 8 nitrogen and oxygen atoms in total. The van der Waals surface area contributed by atoms with E-state index in [4.69, 9.17) is 14.0 Å². The number of aliphatic imine (C=N–C) groups is 1. The van der Waals surface area contributed by atoms with Crippen molar-refractivity contribution in [3.05, 3.63) is 41.0 Å². The van der Waals surface area contributed by atoms with Crippen LogP contribution in [0.25, 0.3) is 0 Å². The van der Waals surface area contributed by atoms with Gasteiger partial charge in [0.15, 0.2) is 11.8 Å². The Kier molecular flexibility index (Phi) is 9.96. The number of halogens is 1. The molecule has 0 saturated carbocycles. The summed E-state index contributed by atoms with van der Waals surface area (Å²) in [4.78, 5) is 8.34. The molecule has 0 fully saturated rings. The largest absolute Gasteiger partial charge is 0.491 e. The number of rotatable bonds is 8. The van der Waals surface area contributed by atoms with Crippen LogP contribution in [0.3, 0.4) is 0 Å². The molecule has 1 aromatic heterocycles. The average Bonchev–Trinajstić information content (AvgIpc) is 3.02. The van der Waals surface area contributed by atoms with Crippen LogP contribution in [0.1, 0.15) is 22.8 Å². The summed E-state index contributed by atoms with van der Waals surface area (Å²) < 4.78 is 15.9. The fourth-order valence-electron chi connectivity index (χ4n) is 2.15. The molecule has 0 aliphatic rings. The maximum atomic E-state index is 5.80. The van der Waals surface area contributed by atoms with Crippen LogP contribution in [-0.2, 0) is 17.8 Å². The van der Waals surface area contributed by atoms with Crippen LogP contribution in [0.15, 0.2) is 27.7 Å². The fourth-order valence-corrected chi connectivity index (χ4v) is 2.15. The van der Waals surface area contributed by atoms with E-state index in [1.807, 2.05) is 19.1 Å². The quantitative estimate of drug-likeness (QED) is 0.262. The minimum Gasteiger partial charge on any atom is -0.491 e. The van der Waals surface area contributed by atoms with Crippen molar-refractivity contribution >= 4 is 29.9 Å². The van der Waals surface area contributed by atoms with Crippen LogP contribution in [-0.4, -0.2) is 43.5 Å². The van der Waals surface area contributed by atoms with E-state index in [2.05, 4.69) is 31.8 Å². The highest BCUT2D eigenvalue weighted by atomic mass is 127. The highest BCUT2D eigenvalue weighted by Gasteiger charge is 2.07. The molecule has 0 aliphatic carbocycles. The monoisotopic (exact) mass is 475 g/mol. The lowest BCUT2D eigenvalue weighted by atomic mass is 10.1. The van der Waals surface area contributed by atoms with Crippen LogP contribution < -0.4 is 15.4 Å². The lowest BCUT2D eigenvalue weighted by molar-refractivity contribution is 0.145. The zero-order valence-corrected chi connectivity index (χ0v) is 17.9. The highest BCUT2D eigenvalue weighted by molar-refractivity contribution is 14.0. The summed E-state index contributed by atoms with van der Waals surface area (Å²) in [6, 6.07) is 6.11. The van der Waals surface area contributed by atoms with Crippen molar-refractivity contribution in [3.63, 3.8) is 0 Å². The van der Waals surface area contributed by atoms with E-state index >= 15 is 0 Å². The van der Waals surface area contributed by atoms with Crippen LogP contribution in [0, 0.1) is 13.8 Å². The van der Waals surface area contributed by atoms with Gasteiger partial charge < -0.3 is 24.6 Å². The van der Waals surface area contributed by atoms with Crippen molar-refractivity contribution in [2.45, 2.75) is 26.9 Å². The molecule has 0 unspecified atom stereocenters. The molecule has 0 amide bonds. The van der Waals surface area contributed by atoms with Gasteiger partial charge in [-0.2, -0.15) is 4.98 Å². The van der Waals surface area contributed by atoms with E-state index in [1.54, 1.807) is 21.1 Å². The molecule has 2 rings (SSSR count). The van der Waals surface area contributed by atoms with E-state index in [-0.39, 0.29) is 24.0 Å². The summed E-state index contributed by atoms with van der Waals surface area (Å²) in [6.45, 7) is 5.86. The Balaban J connectivity index is 0.00000338. The maximum absolute atomic E-state index is 5.80. The number of nitrogens with one attached hydrogen (secondary N) is 2. The van der Waals surface area contributed by atoms with Gasteiger partial charge in [-0.1, -0.05) is 17.3 Å². The normalized spacial score (nSPS) is 11.0. The van der Waals surface area contributed by atoms with Gasteiger partial charge in [-0.15, -0.1) is 24.0 Å². The highest BCUT2D eigenvalue weighted by Crippen LogP contribution is 2.20. The molecule has 1 heterocycles. The first-order valence-corrected chi connectivity index (χ1v) is 8.07. The second-order valence-electron chi connectivity index (χ2n) is 5.47. The summed E-state index contributed by atoms with van der Waals surface area (Å²) >= 11 is 0. The Labute approximate surface area is 170 Å². The fraction of sp³-hybridized carbons (Fsp3) is 0.471. The molecule has 1 aromatic carbocycles. The van der Waals surface area contributed by atoms with Crippen molar-refractivity contribution in [3.8, 4) is 5.75 Å². The van der Waals surface area contributed by atoms with Crippen LogP contribution >= 0.6 is 24.0 Å². The third-order valence-electron chi connectivity index (χ3n) is 3.41. The first-order valence-electron chi connectivity index (χ1n) is 8.07. The first-order chi connectivity index (χ1) is 12.1. The van der Waals surface area contributed by atoms with Gasteiger partial charge in [0.1, 0.15) is 12.4 Å². The second kappa shape index (κ2) is 11.7. The van der Waals surface area contributed by atoms with Gasteiger partial charge in [-0.05, 0) is 25.5 Å². The van der Waals surface area contributed by atoms with E-state index in [1.165, 1.54) is 0 Å². The second-order valence-corrected chi connectivity index (χ2v) is 5.47. The van der Waals surface area contributed by atoms with Gasteiger partial charge >= 0.3 is 0 Å². The van der Waals surface area contributed by atoms with Crippen LogP contribution in [0.5, 0.6) is 5.75 Å². The lowest BCUT2D eigenvalue weighted by Gasteiger charge is -2.15. The Hall–Kier alpha value is -1.88. The number of methoxy groups -OCH3 is 1. The van der Waals surface area contributed by atoms with E-state index in [9.17, 15) is 0 Å². The zero-order chi connectivity index (χ0) is 18.1. The zero-order valence-electron chi connectivity index (χ0n) is 15.5. The Morgan fingerprint density at radius 1 is 1.19 bits per heavy atom. The molecular weight excluding hydrogens is 449 g/mol. The third kappa shape index (κ3) is 7.16. The summed E-state index contributed by atoms with van der Waals surface area (Å²) in [6.07, 6.45) is 0. The number of hydrogen-bond acceptors (Lipinski definition) is 6. The Morgan fingerprint density at radius 3 is 2.62 bits per heavy atom. The molecule has 0 atom stereocenters. The van der Waals surface area contributed by atoms with Gasteiger partial charge in [-0.25, -0.2) is 0 Å². The van der Waals surface area contributed by atoms with Gasteiger partial charge in [-0.3, -0.25) is 4.99 Å². The minimum absolute atomic E-state index is 0. The molecule has 2 aromatic rings. The topological polar surface area (TPSA) is 93.8 Å². The number of benzene rings is 1. The predicted molar refractivity (Wildman–Crippen MR) is 110 cm³/mol. The molecule has 0 saturated heterocycles. The number of hydrogen-bond donors (Lipinski definition) is 2. The standard InChI is InChI=1S/C17H25N5O3.HI/c1-12-5-6-14(15(9-12)24-8-7-23-4)10-19-17(18-3)20-11-16-21-13(2)22-25-16;/h5-6,9H,7-8,10-11H2,1-4H3,(H2,18,19,20);1H. The van der Waals surface area contributed by atoms with Gasteiger partial charge in [0, 0.05) is 26.3 Å². The van der Waals surface area contributed by atoms with Crippen molar-refractivity contribution in [2.24, 2.45) is 4.99 Å². The molecule has 0 bridgehead atoms. The first kappa shape index (κ1) is 22.2. The van der Waals surface area contributed by atoms with E-state index < -0.39 is 0 Å². The van der Waals surface area contributed by atoms with Crippen molar-refractivity contribution < 1.29 is 14.0 Å². The minimum atomic E-state index is 0. The average molecular weight is 475 g/mol. The SMILES string of the molecule is CN=C(NCc1nc(C)no1)NCc1ccc(C)cc1OCCOC.I. The van der Waals surface area contributed by atoms with Crippen LogP contribution in [0.4, 0.5) is 0 Å². The smallest absolute Gasteiger partial charge is 0.246 e. The molecule has 9 heteroatoms.